The van der Waals surface area contributed by atoms with E-state index < -0.39 is 0 Å². The second kappa shape index (κ2) is 7.03. The van der Waals surface area contributed by atoms with Crippen LogP contribution in [0, 0.1) is 0 Å². The van der Waals surface area contributed by atoms with Crippen LogP contribution in [-0.4, -0.2) is 4.57 Å². The van der Waals surface area contributed by atoms with Crippen LogP contribution in [0.3, 0.4) is 0 Å². The summed E-state index contributed by atoms with van der Waals surface area (Å²) in [6.45, 7) is 1.88. The predicted octanol–water partition coefficient (Wildman–Crippen LogP) is 4.90. The highest BCUT2D eigenvalue weighted by Crippen LogP contribution is 2.32. The Balaban J connectivity index is 1.44. The number of benzene rings is 2. The van der Waals surface area contributed by atoms with Crippen LogP contribution < -0.4 is 4.57 Å². The number of pyridine rings is 1. The molecule has 1 aliphatic carbocycles. The average Bonchev–Trinajstić information content (AvgIpc) is 3.04. The van der Waals surface area contributed by atoms with Crippen molar-refractivity contribution in [3.05, 3.63) is 102 Å². The minimum atomic E-state index is 0.920. The van der Waals surface area contributed by atoms with E-state index in [0.29, 0.717) is 0 Å². The Morgan fingerprint density at radius 2 is 1.48 bits per heavy atom. The summed E-state index contributed by atoms with van der Waals surface area (Å²) in [6.07, 6.45) is 9.50. The Labute approximate surface area is 160 Å². The third kappa shape index (κ3) is 3.16. The van der Waals surface area contributed by atoms with Crippen LogP contribution in [0.4, 0.5) is 0 Å². The molecule has 0 amide bonds. The third-order valence-corrected chi connectivity index (χ3v) is 5.79. The molecule has 27 heavy (non-hydrogen) atoms. The van der Waals surface area contributed by atoms with E-state index >= 15 is 0 Å². The Hall–Kier alpha value is -2.87. The second-order valence-corrected chi connectivity index (χ2v) is 7.60. The number of para-hydroxylation sites is 1. The maximum atomic E-state index is 2.56. The highest BCUT2D eigenvalue weighted by molar-refractivity contribution is 5.86. The number of hydrogen-bond donors (Lipinski definition) is 0. The van der Waals surface area contributed by atoms with Crippen molar-refractivity contribution in [2.45, 2.75) is 38.8 Å². The van der Waals surface area contributed by atoms with Gasteiger partial charge in [0.1, 0.15) is 0 Å². The van der Waals surface area contributed by atoms with Crippen molar-refractivity contribution >= 4 is 10.9 Å². The summed E-state index contributed by atoms with van der Waals surface area (Å²) in [5.74, 6) is 0. The van der Waals surface area contributed by atoms with Gasteiger partial charge in [-0.3, -0.25) is 0 Å². The first kappa shape index (κ1) is 16.3. The first-order chi connectivity index (χ1) is 13.4. The molecule has 2 aromatic heterocycles. The third-order valence-electron chi connectivity index (χ3n) is 5.79. The lowest BCUT2D eigenvalue weighted by Crippen LogP contribution is -2.33. The number of nitrogens with zero attached hydrogens (tertiary/aromatic N) is 2. The number of aryl methyl sites for hydroxylation is 1. The highest BCUT2D eigenvalue weighted by Gasteiger charge is 2.19. The van der Waals surface area contributed by atoms with Crippen LogP contribution >= 0.6 is 0 Å². The van der Waals surface area contributed by atoms with E-state index in [-0.39, 0.29) is 0 Å². The van der Waals surface area contributed by atoms with Gasteiger partial charge in [-0.1, -0.05) is 48.5 Å². The Morgan fingerprint density at radius 1 is 0.741 bits per heavy atom. The van der Waals surface area contributed by atoms with Gasteiger partial charge in [-0.25, -0.2) is 4.57 Å². The molecule has 0 saturated carbocycles. The molecule has 0 fully saturated rings. The summed E-state index contributed by atoms with van der Waals surface area (Å²) in [5.41, 5.74) is 7.25. The summed E-state index contributed by atoms with van der Waals surface area (Å²) >= 11 is 0. The summed E-state index contributed by atoms with van der Waals surface area (Å²) in [6, 6.07) is 24.1. The molecular formula is C25H25N2+. The number of hydrogen-bond acceptors (Lipinski definition) is 0. The molecule has 5 rings (SSSR count). The highest BCUT2D eigenvalue weighted by atomic mass is 15.0. The number of fused-ring (bicyclic) bond motifs is 3. The van der Waals surface area contributed by atoms with Crippen molar-refractivity contribution in [2.24, 2.45) is 0 Å². The van der Waals surface area contributed by atoms with Gasteiger partial charge >= 0.3 is 0 Å². The maximum absolute atomic E-state index is 2.56. The summed E-state index contributed by atoms with van der Waals surface area (Å²) in [5, 5.41) is 1.46. The van der Waals surface area contributed by atoms with Crippen molar-refractivity contribution in [2.75, 3.05) is 0 Å². The smallest absolute Gasteiger partial charge is 0.173 e. The molecule has 2 heteroatoms. The van der Waals surface area contributed by atoms with Gasteiger partial charge in [-0.2, -0.15) is 0 Å². The minimum absolute atomic E-state index is 0.920. The zero-order valence-corrected chi connectivity index (χ0v) is 15.6. The predicted molar refractivity (Wildman–Crippen MR) is 110 cm³/mol. The molecule has 0 radical (unpaired) electrons. The Bertz CT molecular complexity index is 1060. The quantitative estimate of drug-likeness (QED) is 0.461. The summed E-state index contributed by atoms with van der Waals surface area (Å²) in [4.78, 5) is 0. The molecule has 0 saturated heterocycles. The molecule has 0 unspecified atom stereocenters. The van der Waals surface area contributed by atoms with Crippen LogP contribution in [0.15, 0.2) is 79.1 Å². The molecule has 1 aliphatic rings. The summed E-state index contributed by atoms with van der Waals surface area (Å²) in [7, 11) is 0. The molecule has 2 nitrogen and oxygen atoms in total. The van der Waals surface area contributed by atoms with Crippen LogP contribution in [0.1, 0.15) is 35.2 Å². The van der Waals surface area contributed by atoms with Crippen molar-refractivity contribution in [1.29, 1.82) is 0 Å². The monoisotopic (exact) mass is 353 g/mol. The number of rotatable bonds is 4. The standard InChI is InChI=1S/C25H25N2/c1-2-8-20(9-3-1)18-26-16-14-21(15-17-26)19-27-24-12-6-4-10-22(24)23-11-5-7-13-25(23)27/h1-4,6,8-10,12,14-17H,5,7,11,13,18-19H2/q+1. The zero-order valence-electron chi connectivity index (χ0n) is 15.6. The molecule has 2 heterocycles. The van der Waals surface area contributed by atoms with E-state index in [9.17, 15) is 0 Å². The Morgan fingerprint density at radius 3 is 2.33 bits per heavy atom. The molecule has 4 aromatic rings. The molecule has 0 aliphatic heterocycles. The van der Waals surface area contributed by atoms with Gasteiger partial charge in [0.2, 0.25) is 0 Å². The van der Waals surface area contributed by atoms with Crippen LogP contribution in [0.25, 0.3) is 10.9 Å². The van der Waals surface area contributed by atoms with E-state index in [1.807, 2.05) is 0 Å². The van der Waals surface area contributed by atoms with Crippen LogP contribution in [-0.2, 0) is 25.9 Å². The first-order valence-electron chi connectivity index (χ1n) is 9.99. The van der Waals surface area contributed by atoms with Crippen LogP contribution in [0.5, 0.6) is 0 Å². The van der Waals surface area contributed by atoms with Crippen LogP contribution in [0.2, 0.25) is 0 Å². The van der Waals surface area contributed by atoms with E-state index in [0.717, 1.165) is 13.1 Å². The van der Waals surface area contributed by atoms with Crippen molar-refractivity contribution in [1.82, 2.24) is 4.57 Å². The van der Waals surface area contributed by atoms with Gasteiger partial charge in [-0.15, -0.1) is 0 Å². The van der Waals surface area contributed by atoms with Crippen molar-refractivity contribution in [3.63, 3.8) is 0 Å². The average molecular weight is 353 g/mol. The minimum Gasteiger partial charge on any atom is -0.340 e. The largest absolute Gasteiger partial charge is 0.340 e. The fourth-order valence-electron chi connectivity index (χ4n) is 4.44. The van der Waals surface area contributed by atoms with E-state index in [2.05, 4.69) is 88.3 Å². The van der Waals surface area contributed by atoms with Gasteiger partial charge in [0, 0.05) is 40.8 Å². The van der Waals surface area contributed by atoms with Gasteiger partial charge in [0.15, 0.2) is 18.9 Å². The van der Waals surface area contributed by atoms with Gasteiger partial charge in [-0.05, 0) is 42.9 Å². The zero-order chi connectivity index (χ0) is 18.1. The lowest BCUT2D eigenvalue weighted by molar-refractivity contribution is -0.688. The lowest BCUT2D eigenvalue weighted by atomic mass is 9.95. The lowest BCUT2D eigenvalue weighted by Gasteiger charge is -2.16. The van der Waals surface area contributed by atoms with Crippen molar-refractivity contribution in [3.8, 4) is 0 Å². The normalized spacial score (nSPS) is 13.6. The van der Waals surface area contributed by atoms with E-state index in [1.165, 1.54) is 47.7 Å². The molecule has 2 aromatic carbocycles. The topological polar surface area (TPSA) is 8.81 Å². The van der Waals surface area contributed by atoms with E-state index in [1.54, 1.807) is 11.3 Å². The van der Waals surface area contributed by atoms with E-state index in [4.69, 9.17) is 0 Å². The fraction of sp³-hybridized carbons (Fsp3) is 0.240. The fourth-order valence-corrected chi connectivity index (χ4v) is 4.44. The molecule has 0 bridgehead atoms. The SMILES string of the molecule is c1ccc(C[n+]2ccc(Cn3c4c(c5ccccc53)CCCC4)cc2)cc1. The second-order valence-electron chi connectivity index (χ2n) is 7.60. The Kier molecular flexibility index (Phi) is 4.25. The van der Waals surface area contributed by atoms with Gasteiger partial charge in [0.25, 0.3) is 0 Å². The summed E-state index contributed by atoms with van der Waals surface area (Å²) < 4.78 is 4.81. The molecule has 0 N–H and O–H groups in total. The maximum Gasteiger partial charge on any atom is 0.173 e. The molecule has 134 valence electrons. The molecule has 0 spiro atoms. The van der Waals surface area contributed by atoms with Crippen molar-refractivity contribution < 1.29 is 4.57 Å². The first-order valence-corrected chi connectivity index (χ1v) is 9.99. The van der Waals surface area contributed by atoms with Gasteiger partial charge in [0.05, 0.1) is 0 Å². The van der Waals surface area contributed by atoms with Gasteiger partial charge < -0.3 is 4.57 Å². The molecule has 0 atom stereocenters. The molecular weight excluding hydrogens is 328 g/mol. The number of aromatic nitrogens is 2.